The van der Waals surface area contributed by atoms with Crippen LogP contribution in [0.4, 0.5) is 0 Å². The van der Waals surface area contributed by atoms with E-state index in [0.717, 1.165) is 31.4 Å². The van der Waals surface area contributed by atoms with Crippen LogP contribution in [-0.2, 0) is 4.79 Å². The summed E-state index contributed by atoms with van der Waals surface area (Å²) in [5, 5.41) is 4.07. The van der Waals surface area contributed by atoms with Crippen molar-refractivity contribution in [2.75, 3.05) is 12.3 Å². The fraction of sp³-hybridized carbons (Fsp3) is 0.643. The van der Waals surface area contributed by atoms with Crippen LogP contribution in [0.3, 0.4) is 0 Å². The summed E-state index contributed by atoms with van der Waals surface area (Å²) < 4.78 is 0. The van der Waals surface area contributed by atoms with Gasteiger partial charge in [0.05, 0.1) is 0 Å². The molecule has 1 amide bonds. The van der Waals surface area contributed by atoms with Gasteiger partial charge in [-0.25, -0.2) is 9.97 Å². The van der Waals surface area contributed by atoms with E-state index in [1.807, 2.05) is 6.92 Å². The van der Waals surface area contributed by atoms with Crippen molar-refractivity contribution in [2.24, 2.45) is 11.7 Å². The van der Waals surface area contributed by atoms with E-state index >= 15 is 0 Å². The molecule has 1 fully saturated rings. The topological polar surface area (TPSA) is 80.9 Å². The van der Waals surface area contributed by atoms with Crippen LogP contribution in [0.5, 0.6) is 0 Å². The van der Waals surface area contributed by atoms with Crippen molar-refractivity contribution in [3.8, 4) is 0 Å². The van der Waals surface area contributed by atoms with E-state index in [-0.39, 0.29) is 5.91 Å². The largest absolute Gasteiger partial charge is 0.368 e. The number of hydrogen-bond donors (Lipinski definition) is 2. The summed E-state index contributed by atoms with van der Waals surface area (Å²) in [7, 11) is 0. The maximum Gasteiger partial charge on any atom is 0.238 e. The molecule has 0 spiro atoms. The average Bonchev–Trinajstić information content (AvgIpc) is 3.26. The normalized spacial score (nSPS) is 17.7. The number of nitrogens with one attached hydrogen (secondary N) is 1. The van der Waals surface area contributed by atoms with Gasteiger partial charge in [-0.3, -0.25) is 4.79 Å². The van der Waals surface area contributed by atoms with Crippen molar-refractivity contribution in [1.29, 1.82) is 0 Å². The van der Waals surface area contributed by atoms with Gasteiger partial charge in [-0.1, -0.05) is 18.7 Å². The number of primary amides is 1. The first-order valence-corrected chi connectivity index (χ1v) is 8.03. The molecule has 2 rings (SSSR count). The van der Waals surface area contributed by atoms with Gasteiger partial charge in [0.2, 0.25) is 5.91 Å². The van der Waals surface area contributed by atoms with E-state index in [1.54, 1.807) is 12.4 Å². The average molecular weight is 294 g/mol. The van der Waals surface area contributed by atoms with Crippen molar-refractivity contribution < 1.29 is 4.79 Å². The molecule has 1 heterocycles. The molecular weight excluding hydrogens is 272 g/mol. The summed E-state index contributed by atoms with van der Waals surface area (Å²) in [6.07, 6.45) is 6.69. The lowest BCUT2D eigenvalue weighted by atomic mass is 9.94. The number of amides is 1. The van der Waals surface area contributed by atoms with E-state index in [4.69, 9.17) is 5.73 Å². The van der Waals surface area contributed by atoms with Gasteiger partial charge < -0.3 is 11.1 Å². The molecule has 6 heteroatoms. The molecule has 20 heavy (non-hydrogen) atoms. The molecule has 0 aromatic carbocycles. The highest BCUT2D eigenvalue weighted by molar-refractivity contribution is 7.99. The zero-order valence-electron chi connectivity index (χ0n) is 12.1. The van der Waals surface area contributed by atoms with Crippen LogP contribution in [0.15, 0.2) is 17.6 Å². The second-order valence-corrected chi connectivity index (χ2v) is 6.31. The number of thioether (sulfide) groups is 1. The smallest absolute Gasteiger partial charge is 0.238 e. The van der Waals surface area contributed by atoms with Gasteiger partial charge in [0.15, 0.2) is 5.16 Å². The van der Waals surface area contributed by atoms with E-state index in [1.165, 1.54) is 11.8 Å². The fourth-order valence-electron chi connectivity index (χ4n) is 2.23. The Morgan fingerprint density at radius 1 is 1.50 bits per heavy atom. The molecule has 1 atom stereocenters. The monoisotopic (exact) mass is 294 g/mol. The Kier molecular flexibility index (Phi) is 4.99. The third-order valence-electron chi connectivity index (χ3n) is 3.59. The van der Waals surface area contributed by atoms with Crippen LogP contribution in [0.1, 0.15) is 31.7 Å². The third-order valence-corrected chi connectivity index (χ3v) is 4.66. The number of carbonyl (C=O) groups excluding carboxylic acids is 1. The van der Waals surface area contributed by atoms with Crippen LogP contribution >= 0.6 is 11.8 Å². The third kappa shape index (κ3) is 3.49. The second-order valence-electron chi connectivity index (χ2n) is 5.37. The molecular formula is C14H22N4OS. The molecule has 110 valence electrons. The summed E-state index contributed by atoms with van der Waals surface area (Å²) >= 11 is 1.50. The molecule has 0 saturated heterocycles. The van der Waals surface area contributed by atoms with Gasteiger partial charge in [-0.2, -0.15) is 0 Å². The van der Waals surface area contributed by atoms with Crippen LogP contribution in [0.2, 0.25) is 0 Å². The maximum atomic E-state index is 12.0. The first-order valence-electron chi connectivity index (χ1n) is 7.05. The standard InChI is InChI=1S/C14H22N4OS/c1-3-6-18-14(12(15)19,11-4-5-11)9-20-13-16-7-10(2)8-17-13/h7-8,11,18H,3-6,9H2,1-2H3,(H2,15,19). The molecule has 1 aliphatic rings. The SMILES string of the molecule is CCCNC(CSc1ncc(C)cn1)(C(N)=O)C1CC1. The Balaban J connectivity index is 2.06. The first-order chi connectivity index (χ1) is 9.58. The van der Waals surface area contributed by atoms with Crippen LogP contribution in [0.25, 0.3) is 0 Å². The Labute approximate surface area is 124 Å². The number of aromatic nitrogens is 2. The van der Waals surface area contributed by atoms with Gasteiger partial charge in [-0.15, -0.1) is 0 Å². The number of nitrogens with zero attached hydrogens (tertiary/aromatic N) is 2. The predicted octanol–water partition coefficient (Wildman–Crippen LogP) is 1.51. The lowest BCUT2D eigenvalue weighted by molar-refractivity contribution is -0.124. The molecule has 0 radical (unpaired) electrons. The zero-order valence-corrected chi connectivity index (χ0v) is 12.9. The van der Waals surface area contributed by atoms with E-state index < -0.39 is 5.54 Å². The summed E-state index contributed by atoms with van der Waals surface area (Å²) in [5.74, 6) is 0.688. The van der Waals surface area contributed by atoms with Gasteiger partial charge in [-0.05, 0) is 44.2 Å². The number of carbonyl (C=O) groups is 1. The highest BCUT2D eigenvalue weighted by atomic mass is 32.2. The van der Waals surface area contributed by atoms with Crippen molar-refractivity contribution >= 4 is 17.7 Å². The van der Waals surface area contributed by atoms with E-state index in [0.29, 0.717) is 16.8 Å². The first kappa shape index (κ1) is 15.3. The summed E-state index contributed by atoms with van der Waals surface area (Å²) in [4.78, 5) is 20.5. The lowest BCUT2D eigenvalue weighted by Crippen LogP contribution is -2.59. The van der Waals surface area contributed by atoms with Crippen molar-refractivity contribution in [3.63, 3.8) is 0 Å². The molecule has 1 saturated carbocycles. The minimum absolute atomic E-state index is 0.256. The fourth-order valence-corrected chi connectivity index (χ4v) is 3.32. The summed E-state index contributed by atoms with van der Waals surface area (Å²) in [5.41, 5.74) is 6.10. The quantitative estimate of drug-likeness (QED) is 0.561. The van der Waals surface area contributed by atoms with E-state index in [9.17, 15) is 4.79 Å². The number of rotatable bonds is 8. The Morgan fingerprint density at radius 2 is 2.15 bits per heavy atom. The molecule has 1 aromatic heterocycles. The molecule has 1 aliphatic carbocycles. The molecule has 1 aromatic rings. The minimum atomic E-state index is -0.616. The molecule has 3 N–H and O–H groups in total. The van der Waals surface area contributed by atoms with Gasteiger partial charge in [0, 0.05) is 18.1 Å². The van der Waals surface area contributed by atoms with Gasteiger partial charge in [0.1, 0.15) is 5.54 Å². The molecule has 1 unspecified atom stereocenters. The highest BCUT2D eigenvalue weighted by Gasteiger charge is 2.49. The number of hydrogen-bond acceptors (Lipinski definition) is 5. The van der Waals surface area contributed by atoms with E-state index in [2.05, 4.69) is 22.2 Å². The molecule has 5 nitrogen and oxygen atoms in total. The van der Waals surface area contributed by atoms with Crippen LogP contribution < -0.4 is 11.1 Å². The Bertz CT molecular complexity index is 461. The maximum absolute atomic E-state index is 12.0. The molecule has 0 bridgehead atoms. The van der Waals surface area contributed by atoms with Crippen molar-refractivity contribution in [3.05, 3.63) is 18.0 Å². The predicted molar refractivity (Wildman–Crippen MR) is 80.4 cm³/mol. The summed E-state index contributed by atoms with van der Waals surface area (Å²) in [6, 6.07) is 0. The lowest BCUT2D eigenvalue weighted by Gasteiger charge is -2.31. The number of aryl methyl sites for hydroxylation is 1. The van der Waals surface area contributed by atoms with Gasteiger partial charge in [0.25, 0.3) is 0 Å². The number of nitrogens with two attached hydrogens (primary N) is 1. The molecule has 0 aliphatic heterocycles. The second kappa shape index (κ2) is 6.54. The summed E-state index contributed by atoms with van der Waals surface area (Å²) in [6.45, 7) is 4.84. The van der Waals surface area contributed by atoms with Crippen molar-refractivity contribution in [2.45, 2.75) is 43.8 Å². The van der Waals surface area contributed by atoms with Crippen molar-refractivity contribution in [1.82, 2.24) is 15.3 Å². The Morgan fingerprint density at radius 3 is 2.65 bits per heavy atom. The minimum Gasteiger partial charge on any atom is -0.368 e. The highest BCUT2D eigenvalue weighted by Crippen LogP contribution is 2.42. The zero-order chi connectivity index (χ0) is 14.6. The van der Waals surface area contributed by atoms with Crippen LogP contribution in [-0.4, -0.2) is 33.7 Å². The Hall–Kier alpha value is -1.14. The van der Waals surface area contributed by atoms with Gasteiger partial charge >= 0.3 is 0 Å². The van der Waals surface area contributed by atoms with Crippen LogP contribution in [0, 0.1) is 12.8 Å².